The maximum Gasteiger partial charge on any atom is 0.119 e. The zero-order valence-electron chi connectivity index (χ0n) is 11.2. The predicted molar refractivity (Wildman–Crippen MR) is 82.5 cm³/mol. The third kappa shape index (κ3) is 3.37. The van der Waals surface area contributed by atoms with Crippen molar-refractivity contribution in [1.82, 2.24) is 0 Å². The van der Waals surface area contributed by atoms with Crippen molar-refractivity contribution in [3.05, 3.63) is 63.6 Å². The number of hydrogen-bond acceptors (Lipinski definition) is 2. The first-order valence-corrected chi connectivity index (χ1v) is 7.15. The molecule has 0 saturated heterocycles. The minimum atomic E-state index is -0.141. The summed E-state index contributed by atoms with van der Waals surface area (Å²) < 4.78 is 6.57. The minimum absolute atomic E-state index is 0.141. The van der Waals surface area contributed by atoms with Crippen molar-refractivity contribution >= 4 is 15.9 Å². The highest BCUT2D eigenvalue weighted by atomic mass is 79.9. The van der Waals surface area contributed by atoms with E-state index in [9.17, 15) is 0 Å². The van der Waals surface area contributed by atoms with Gasteiger partial charge in [0.25, 0.3) is 0 Å². The highest BCUT2D eigenvalue weighted by Gasteiger charge is 2.12. The van der Waals surface area contributed by atoms with E-state index >= 15 is 0 Å². The molecule has 0 spiro atoms. The van der Waals surface area contributed by atoms with Gasteiger partial charge in [0.15, 0.2) is 0 Å². The Bertz CT molecular complexity index is 568. The Morgan fingerprint density at radius 3 is 2.74 bits per heavy atom. The molecule has 100 valence electrons. The van der Waals surface area contributed by atoms with Gasteiger partial charge in [-0.25, -0.2) is 0 Å². The third-order valence-electron chi connectivity index (χ3n) is 3.10. The van der Waals surface area contributed by atoms with Crippen molar-refractivity contribution in [3.8, 4) is 5.75 Å². The summed E-state index contributed by atoms with van der Waals surface area (Å²) in [7, 11) is 0. The quantitative estimate of drug-likeness (QED) is 0.916. The maximum atomic E-state index is 6.37. The van der Waals surface area contributed by atoms with Gasteiger partial charge in [-0.1, -0.05) is 34.1 Å². The summed E-state index contributed by atoms with van der Waals surface area (Å²) in [6.45, 7) is 4.72. The Balaban J connectivity index is 2.35. The molecule has 19 heavy (non-hydrogen) atoms. The molecule has 1 unspecified atom stereocenters. The van der Waals surface area contributed by atoms with E-state index in [-0.39, 0.29) is 6.04 Å². The Hall–Kier alpha value is -1.32. The fourth-order valence-electron chi connectivity index (χ4n) is 2.09. The van der Waals surface area contributed by atoms with Gasteiger partial charge < -0.3 is 10.5 Å². The lowest BCUT2D eigenvalue weighted by Crippen LogP contribution is -2.13. The van der Waals surface area contributed by atoms with Gasteiger partial charge in [0, 0.05) is 4.47 Å². The van der Waals surface area contributed by atoms with Crippen molar-refractivity contribution in [2.75, 3.05) is 6.61 Å². The fourth-order valence-corrected chi connectivity index (χ4v) is 2.47. The highest BCUT2D eigenvalue weighted by molar-refractivity contribution is 9.10. The maximum absolute atomic E-state index is 6.37. The summed E-state index contributed by atoms with van der Waals surface area (Å²) in [5.74, 6) is 0.864. The molecule has 0 heterocycles. The molecule has 0 radical (unpaired) electrons. The molecule has 2 rings (SSSR count). The number of aryl methyl sites for hydroxylation is 1. The van der Waals surface area contributed by atoms with E-state index in [4.69, 9.17) is 10.5 Å². The molecule has 2 aromatic rings. The summed E-state index contributed by atoms with van der Waals surface area (Å²) in [6.07, 6.45) is 0. The molecule has 0 aliphatic heterocycles. The van der Waals surface area contributed by atoms with Crippen LogP contribution in [0.5, 0.6) is 5.75 Å². The summed E-state index contributed by atoms with van der Waals surface area (Å²) in [4.78, 5) is 0. The van der Waals surface area contributed by atoms with Gasteiger partial charge in [0.1, 0.15) is 5.75 Å². The largest absolute Gasteiger partial charge is 0.494 e. The predicted octanol–water partition coefficient (Wildman–Crippen LogP) is 4.20. The van der Waals surface area contributed by atoms with Gasteiger partial charge in [-0.2, -0.15) is 0 Å². The number of rotatable bonds is 4. The second kappa shape index (κ2) is 6.22. The standard InChI is InChI=1S/C16H18BrNO/c1-3-19-14-6-4-5-12(9-14)16(18)15-10-13(17)8-7-11(15)2/h4-10,16H,3,18H2,1-2H3. The SMILES string of the molecule is CCOc1cccc(C(N)c2cc(Br)ccc2C)c1. The number of benzene rings is 2. The molecule has 0 saturated carbocycles. The van der Waals surface area contributed by atoms with Crippen molar-refractivity contribution in [3.63, 3.8) is 0 Å². The normalized spacial score (nSPS) is 12.2. The van der Waals surface area contributed by atoms with E-state index in [1.807, 2.05) is 37.3 Å². The molecule has 0 amide bonds. The van der Waals surface area contributed by atoms with E-state index in [0.29, 0.717) is 6.61 Å². The lowest BCUT2D eigenvalue weighted by atomic mass is 9.96. The van der Waals surface area contributed by atoms with Crippen LogP contribution < -0.4 is 10.5 Å². The Morgan fingerprint density at radius 2 is 2.00 bits per heavy atom. The average Bonchev–Trinajstić information content (AvgIpc) is 2.41. The van der Waals surface area contributed by atoms with E-state index in [0.717, 1.165) is 21.3 Å². The van der Waals surface area contributed by atoms with Crippen LogP contribution in [-0.4, -0.2) is 6.61 Å². The molecule has 2 nitrogen and oxygen atoms in total. The zero-order chi connectivity index (χ0) is 13.8. The van der Waals surface area contributed by atoms with Gasteiger partial charge in [0.05, 0.1) is 12.6 Å². The van der Waals surface area contributed by atoms with Crippen molar-refractivity contribution < 1.29 is 4.74 Å². The minimum Gasteiger partial charge on any atom is -0.494 e. The molecular weight excluding hydrogens is 302 g/mol. The molecular formula is C16H18BrNO. The van der Waals surface area contributed by atoms with Crippen LogP contribution in [0.1, 0.15) is 29.7 Å². The van der Waals surface area contributed by atoms with Crippen LogP contribution in [-0.2, 0) is 0 Å². The summed E-state index contributed by atoms with van der Waals surface area (Å²) in [5, 5.41) is 0. The van der Waals surface area contributed by atoms with Crippen LogP contribution in [0, 0.1) is 6.92 Å². The summed E-state index contributed by atoms with van der Waals surface area (Å²) in [5.41, 5.74) is 9.76. The molecule has 3 heteroatoms. The van der Waals surface area contributed by atoms with Gasteiger partial charge >= 0.3 is 0 Å². The Kier molecular flexibility index (Phi) is 4.61. The summed E-state index contributed by atoms with van der Waals surface area (Å²) in [6, 6.07) is 14.0. The fraction of sp³-hybridized carbons (Fsp3) is 0.250. The number of hydrogen-bond donors (Lipinski definition) is 1. The summed E-state index contributed by atoms with van der Waals surface area (Å²) >= 11 is 3.50. The monoisotopic (exact) mass is 319 g/mol. The van der Waals surface area contributed by atoms with Crippen LogP contribution in [0.4, 0.5) is 0 Å². The molecule has 2 aromatic carbocycles. The first-order chi connectivity index (χ1) is 9.11. The van der Waals surface area contributed by atoms with E-state index in [2.05, 4.69) is 35.0 Å². The van der Waals surface area contributed by atoms with Crippen molar-refractivity contribution in [1.29, 1.82) is 0 Å². The van der Waals surface area contributed by atoms with Gasteiger partial charge in [-0.3, -0.25) is 0 Å². The van der Waals surface area contributed by atoms with Crippen LogP contribution in [0.25, 0.3) is 0 Å². The van der Waals surface area contributed by atoms with Crippen LogP contribution in [0.3, 0.4) is 0 Å². The van der Waals surface area contributed by atoms with Crippen LogP contribution in [0.2, 0.25) is 0 Å². The van der Waals surface area contributed by atoms with Gasteiger partial charge in [-0.15, -0.1) is 0 Å². The lowest BCUT2D eigenvalue weighted by molar-refractivity contribution is 0.340. The highest BCUT2D eigenvalue weighted by Crippen LogP contribution is 2.27. The Morgan fingerprint density at radius 1 is 1.21 bits per heavy atom. The second-order valence-electron chi connectivity index (χ2n) is 4.48. The molecule has 0 fully saturated rings. The molecule has 0 aliphatic rings. The number of halogens is 1. The Labute approximate surface area is 122 Å². The number of nitrogens with two attached hydrogens (primary N) is 1. The molecule has 0 aliphatic carbocycles. The molecule has 0 bridgehead atoms. The lowest BCUT2D eigenvalue weighted by Gasteiger charge is -2.16. The molecule has 2 N–H and O–H groups in total. The first-order valence-electron chi connectivity index (χ1n) is 6.36. The first kappa shape index (κ1) is 14.1. The van der Waals surface area contributed by atoms with E-state index < -0.39 is 0 Å². The second-order valence-corrected chi connectivity index (χ2v) is 5.40. The van der Waals surface area contributed by atoms with Crippen LogP contribution in [0.15, 0.2) is 46.9 Å². The molecule has 1 atom stereocenters. The van der Waals surface area contributed by atoms with Gasteiger partial charge in [0.2, 0.25) is 0 Å². The molecule has 0 aromatic heterocycles. The topological polar surface area (TPSA) is 35.2 Å². The smallest absolute Gasteiger partial charge is 0.119 e. The van der Waals surface area contributed by atoms with Crippen molar-refractivity contribution in [2.45, 2.75) is 19.9 Å². The van der Waals surface area contributed by atoms with E-state index in [1.165, 1.54) is 5.56 Å². The zero-order valence-corrected chi connectivity index (χ0v) is 12.8. The average molecular weight is 320 g/mol. The van der Waals surface area contributed by atoms with Crippen molar-refractivity contribution in [2.24, 2.45) is 5.73 Å². The van der Waals surface area contributed by atoms with Gasteiger partial charge in [-0.05, 0) is 54.8 Å². The number of ether oxygens (including phenoxy) is 1. The van der Waals surface area contributed by atoms with E-state index in [1.54, 1.807) is 0 Å². The van der Waals surface area contributed by atoms with Crippen LogP contribution >= 0.6 is 15.9 Å². The third-order valence-corrected chi connectivity index (χ3v) is 3.60.